The quantitative estimate of drug-likeness (QED) is 0.929. The van der Waals surface area contributed by atoms with Crippen molar-refractivity contribution in [2.75, 3.05) is 18.8 Å². The number of fused-ring (bicyclic) bond motifs is 1. The van der Waals surface area contributed by atoms with Gasteiger partial charge in [0.2, 0.25) is 0 Å². The molecule has 1 saturated heterocycles. The molecular formula is C15H23N5. The predicted octanol–water partition coefficient (Wildman–Crippen LogP) is 1.97. The first-order valence-electron chi connectivity index (χ1n) is 7.47. The average Bonchev–Trinajstić information content (AvgIpc) is 2.84. The summed E-state index contributed by atoms with van der Waals surface area (Å²) in [6.07, 6.45) is 5.49. The first-order valence-corrected chi connectivity index (χ1v) is 7.47. The Hall–Kier alpha value is -1.62. The zero-order valence-corrected chi connectivity index (χ0v) is 12.3. The maximum atomic E-state index is 5.92. The van der Waals surface area contributed by atoms with Crippen LogP contribution in [0.5, 0.6) is 0 Å². The molecule has 0 aliphatic carbocycles. The number of aromatic nitrogens is 3. The lowest BCUT2D eigenvalue weighted by Crippen LogP contribution is -2.39. The van der Waals surface area contributed by atoms with Crippen molar-refractivity contribution in [3.05, 3.63) is 24.2 Å². The average molecular weight is 273 g/mol. The van der Waals surface area contributed by atoms with E-state index >= 15 is 0 Å². The Kier molecular flexibility index (Phi) is 3.61. The third kappa shape index (κ3) is 2.50. The number of hydrogen-bond acceptors (Lipinski definition) is 4. The minimum Gasteiger partial charge on any atom is -0.396 e. The molecule has 2 aromatic heterocycles. The van der Waals surface area contributed by atoms with E-state index in [0.717, 1.165) is 17.9 Å². The van der Waals surface area contributed by atoms with E-state index in [1.807, 2.05) is 22.7 Å². The second-order valence-electron chi connectivity index (χ2n) is 6.05. The molecule has 0 spiro atoms. The van der Waals surface area contributed by atoms with E-state index in [1.165, 1.54) is 25.9 Å². The summed E-state index contributed by atoms with van der Waals surface area (Å²) in [5.41, 5.74) is 7.40. The molecule has 0 unspecified atom stereocenters. The number of piperidine rings is 1. The highest BCUT2D eigenvalue weighted by Gasteiger charge is 2.22. The van der Waals surface area contributed by atoms with E-state index in [1.54, 1.807) is 0 Å². The highest BCUT2D eigenvalue weighted by Crippen LogP contribution is 2.23. The smallest absolute Gasteiger partial charge is 0.183 e. The van der Waals surface area contributed by atoms with Crippen molar-refractivity contribution >= 4 is 11.3 Å². The van der Waals surface area contributed by atoms with Crippen molar-refractivity contribution < 1.29 is 0 Å². The maximum absolute atomic E-state index is 5.92. The van der Waals surface area contributed by atoms with E-state index in [-0.39, 0.29) is 0 Å². The molecule has 1 aliphatic rings. The van der Waals surface area contributed by atoms with Crippen LogP contribution in [0.15, 0.2) is 18.3 Å². The highest BCUT2D eigenvalue weighted by atomic mass is 15.2. The van der Waals surface area contributed by atoms with Gasteiger partial charge < -0.3 is 10.6 Å². The monoisotopic (exact) mass is 273 g/mol. The molecule has 5 heteroatoms. The summed E-state index contributed by atoms with van der Waals surface area (Å²) < 4.78 is 2.03. The summed E-state index contributed by atoms with van der Waals surface area (Å²) in [5.74, 6) is 1.74. The van der Waals surface area contributed by atoms with Gasteiger partial charge in [-0.2, -0.15) is 0 Å². The van der Waals surface area contributed by atoms with Gasteiger partial charge in [-0.3, -0.25) is 4.40 Å². The molecule has 0 atom stereocenters. The molecule has 2 N–H and O–H groups in total. The molecule has 3 rings (SSSR count). The SMILES string of the molecule is CC(C)N1CCC(Cc2nnc3c(N)cccn23)CC1. The van der Waals surface area contributed by atoms with Gasteiger partial charge in [0.1, 0.15) is 5.82 Å². The number of nitrogen functional groups attached to an aromatic ring is 1. The van der Waals surface area contributed by atoms with Crippen LogP contribution in [-0.2, 0) is 6.42 Å². The number of anilines is 1. The Balaban J connectivity index is 1.70. The number of nitrogens with zero attached hydrogens (tertiary/aromatic N) is 4. The second-order valence-corrected chi connectivity index (χ2v) is 6.05. The van der Waals surface area contributed by atoms with Crippen LogP contribution in [-0.4, -0.2) is 38.6 Å². The molecule has 20 heavy (non-hydrogen) atoms. The largest absolute Gasteiger partial charge is 0.396 e. The minimum absolute atomic E-state index is 0.657. The topological polar surface area (TPSA) is 59.5 Å². The van der Waals surface area contributed by atoms with Gasteiger partial charge in [0.05, 0.1) is 5.69 Å². The van der Waals surface area contributed by atoms with Crippen molar-refractivity contribution in [2.24, 2.45) is 5.92 Å². The fraction of sp³-hybridized carbons (Fsp3) is 0.600. The van der Waals surface area contributed by atoms with Crippen LogP contribution in [0.1, 0.15) is 32.5 Å². The van der Waals surface area contributed by atoms with Gasteiger partial charge in [0, 0.05) is 18.7 Å². The molecule has 0 aromatic carbocycles. The Morgan fingerprint density at radius 1 is 1.30 bits per heavy atom. The molecule has 0 saturated carbocycles. The summed E-state index contributed by atoms with van der Waals surface area (Å²) >= 11 is 0. The van der Waals surface area contributed by atoms with Gasteiger partial charge in [-0.15, -0.1) is 10.2 Å². The normalized spacial score (nSPS) is 18.1. The van der Waals surface area contributed by atoms with Crippen molar-refractivity contribution in [3.63, 3.8) is 0 Å². The molecule has 1 aliphatic heterocycles. The van der Waals surface area contributed by atoms with E-state index in [9.17, 15) is 0 Å². The number of hydrogen-bond donors (Lipinski definition) is 1. The molecule has 3 heterocycles. The van der Waals surface area contributed by atoms with Crippen LogP contribution < -0.4 is 5.73 Å². The maximum Gasteiger partial charge on any atom is 0.183 e. The lowest BCUT2D eigenvalue weighted by molar-refractivity contribution is 0.148. The molecule has 0 amide bonds. The molecule has 108 valence electrons. The van der Waals surface area contributed by atoms with Crippen LogP contribution in [0, 0.1) is 5.92 Å². The number of pyridine rings is 1. The standard InChI is InChI=1S/C15H23N5/c1-11(2)19-8-5-12(6-9-19)10-14-17-18-15-13(16)4-3-7-20(14)15/h3-4,7,11-12H,5-6,8-10,16H2,1-2H3. The fourth-order valence-corrected chi connectivity index (χ4v) is 3.06. The Morgan fingerprint density at radius 3 is 2.75 bits per heavy atom. The second kappa shape index (κ2) is 5.40. The lowest BCUT2D eigenvalue weighted by atomic mass is 9.92. The molecule has 5 nitrogen and oxygen atoms in total. The summed E-state index contributed by atoms with van der Waals surface area (Å²) in [4.78, 5) is 2.55. The molecule has 0 radical (unpaired) electrons. The minimum atomic E-state index is 0.657. The summed E-state index contributed by atoms with van der Waals surface area (Å²) in [6.45, 7) is 6.94. The zero-order chi connectivity index (χ0) is 14.1. The number of likely N-dealkylation sites (tertiary alicyclic amines) is 1. The number of nitrogens with two attached hydrogens (primary N) is 1. The first kappa shape index (κ1) is 13.4. The lowest BCUT2D eigenvalue weighted by Gasteiger charge is -2.34. The molecule has 2 aromatic rings. The van der Waals surface area contributed by atoms with Crippen molar-refractivity contribution in [2.45, 2.75) is 39.2 Å². The molecular weight excluding hydrogens is 250 g/mol. The summed E-state index contributed by atoms with van der Waals surface area (Å²) in [6, 6.07) is 4.48. The van der Waals surface area contributed by atoms with Crippen molar-refractivity contribution in [1.82, 2.24) is 19.5 Å². The van der Waals surface area contributed by atoms with Crippen LogP contribution in [0.3, 0.4) is 0 Å². The van der Waals surface area contributed by atoms with Crippen LogP contribution >= 0.6 is 0 Å². The number of rotatable bonds is 3. The summed E-state index contributed by atoms with van der Waals surface area (Å²) in [7, 11) is 0. The predicted molar refractivity (Wildman–Crippen MR) is 80.5 cm³/mol. The van der Waals surface area contributed by atoms with Crippen molar-refractivity contribution in [1.29, 1.82) is 0 Å². The van der Waals surface area contributed by atoms with E-state index in [0.29, 0.717) is 17.6 Å². The van der Waals surface area contributed by atoms with Gasteiger partial charge >= 0.3 is 0 Å². The Bertz CT molecular complexity index is 581. The third-order valence-corrected chi connectivity index (χ3v) is 4.39. The third-order valence-electron chi connectivity index (χ3n) is 4.39. The summed E-state index contributed by atoms with van der Waals surface area (Å²) in [5, 5.41) is 8.53. The molecule has 1 fully saturated rings. The van der Waals surface area contributed by atoms with Gasteiger partial charge in [0.25, 0.3) is 0 Å². The van der Waals surface area contributed by atoms with Crippen LogP contribution in [0.4, 0.5) is 5.69 Å². The van der Waals surface area contributed by atoms with E-state index in [2.05, 4.69) is 28.9 Å². The van der Waals surface area contributed by atoms with Gasteiger partial charge in [-0.1, -0.05) is 0 Å². The van der Waals surface area contributed by atoms with Crippen LogP contribution in [0.2, 0.25) is 0 Å². The van der Waals surface area contributed by atoms with Gasteiger partial charge in [-0.25, -0.2) is 0 Å². The zero-order valence-electron chi connectivity index (χ0n) is 12.3. The Morgan fingerprint density at radius 2 is 2.05 bits per heavy atom. The van der Waals surface area contributed by atoms with Gasteiger partial charge in [-0.05, 0) is 57.8 Å². The van der Waals surface area contributed by atoms with Crippen LogP contribution in [0.25, 0.3) is 5.65 Å². The molecule has 0 bridgehead atoms. The van der Waals surface area contributed by atoms with E-state index < -0.39 is 0 Å². The Labute approximate surface area is 119 Å². The van der Waals surface area contributed by atoms with E-state index in [4.69, 9.17) is 5.73 Å². The fourth-order valence-electron chi connectivity index (χ4n) is 3.06. The highest BCUT2D eigenvalue weighted by molar-refractivity contribution is 5.63. The van der Waals surface area contributed by atoms with Crippen molar-refractivity contribution in [3.8, 4) is 0 Å². The first-order chi connectivity index (χ1) is 9.65. The van der Waals surface area contributed by atoms with Gasteiger partial charge in [0.15, 0.2) is 5.65 Å².